The number of carbonyl (C=O) groups is 2. The van der Waals surface area contributed by atoms with Gasteiger partial charge in [0.1, 0.15) is 0 Å². The van der Waals surface area contributed by atoms with Crippen LogP contribution in [0.3, 0.4) is 0 Å². The first-order valence-corrected chi connectivity index (χ1v) is 7.56. The fourth-order valence-corrected chi connectivity index (χ4v) is 2.11. The summed E-state index contributed by atoms with van der Waals surface area (Å²) in [7, 11) is 0. The SMILES string of the molecule is CCC(Cl)C(=O)c1ccc(NC(=O)C(CC)CC)cc1. The maximum Gasteiger partial charge on any atom is 0.227 e. The van der Waals surface area contributed by atoms with Crippen molar-refractivity contribution < 1.29 is 9.59 Å². The summed E-state index contributed by atoms with van der Waals surface area (Å²) in [5.41, 5.74) is 1.29. The van der Waals surface area contributed by atoms with Crippen LogP contribution in [0.1, 0.15) is 50.4 Å². The first kappa shape index (κ1) is 16.7. The highest BCUT2D eigenvalue weighted by molar-refractivity contribution is 6.33. The molecule has 0 spiro atoms. The van der Waals surface area contributed by atoms with E-state index >= 15 is 0 Å². The molecule has 1 aromatic carbocycles. The average Bonchev–Trinajstić information content (AvgIpc) is 2.47. The number of alkyl halides is 1. The van der Waals surface area contributed by atoms with Gasteiger partial charge in [0.25, 0.3) is 0 Å². The highest BCUT2D eigenvalue weighted by atomic mass is 35.5. The van der Waals surface area contributed by atoms with E-state index < -0.39 is 5.38 Å². The van der Waals surface area contributed by atoms with Crippen LogP contribution in [0.4, 0.5) is 5.69 Å². The quantitative estimate of drug-likeness (QED) is 0.603. The van der Waals surface area contributed by atoms with E-state index in [1.807, 2.05) is 20.8 Å². The zero-order valence-corrected chi connectivity index (χ0v) is 13.0. The van der Waals surface area contributed by atoms with E-state index in [0.29, 0.717) is 17.7 Å². The second kappa shape index (κ2) is 8.05. The van der Waals surface area contributed by atoms with Gasteiger partial charge in [-0.3, -0.25) is 9.59 Å². The Bertz CT molecular complexity index is 452. The number of hydrogen-bond acceptors (Lipinski definition) is 2. The Morgan fingerprint density at radius 1 is 1.05 bits per heavy atom. The van der Waals surface area contributed by atoms with Gasteiger partial charge in [0.2, 0.25) is 5.91 Å². The summed E-state index contributed by atoms with van der Waals surface area (Å²) >= 11 is 5.93. The lowest BCUT2D eigenvalue weighted by Crippen LogP contribution is -2.21. The average molecular weight is 296 g/mol. The Kier molecular flexibility index (Phi) is 6.73. The molecule has 4 heteroatoms. The summed E-state index contributed by atoms with van der Waals surface area (Å²) in [5, 5.41) is 2.38. The number of hydrogen-bond donors (Lipinski definition) is 1. The lowest BCUT2D eigenvalue weighted by molar-refractivity contribution is -0.120. The minimum atomic E-state index is -0.486. The van der Waals surface area contributed by atoms with Gasteiger partial charge in [-0.2, -0.15) is 0 Å². The van der Waals surface area contributed by atoms with E-state index in [-0.39, 0.29) is 17.6 Å². The molecule has 0 aliphatic rings. The fourth-order valence-electron chi connectivity index (χ4n) is 1.99. The maximum absolute atomic E-state index is 11.9. The van der Waals surface area contributed by atoms with Gasteiger partial charge in [-0.1, -0.05) is 20.8 Å². The number of carbonyl (C=O) groups excluding carboxylic acids is 2. The van der Waals surface area contributed by atoms with Crippen LogP contribution < -0.4 is 5.32 Å². The van der Waals surface area contributed by atoms with Crippen molar-refractivity contribution in [1.29, 1.82) is 0 Å². The Morgan fingerprint density at radius 3 is 2.05 bits per heavy atom. The van der Waals surface area contributed by atoms with E-state index in [1.165, 1.54) is 0 Å². The summed E-state index contributed by atoms with van der Waals surface area (Å²) in [6.45, 7) is 5.88. The molecule has 0 aliphatic carbocycles. The molecule has 1 atom stereocenters. The van der Waals surface area contributed by atoms with Gasteiger partial charge in [-0.25, -0.2) is 0 Å². The Morgan fingerprint density at radius 2 is 1.60 bits per heavy atom. The number of nitrogens with one attached hydrogen (secondary N) is 1. The molecule has 1 aromatic rings. The molecule has 0 fully saturated rings. The van der Waals surface area contributed by atoms with Gasteiger partial charge in [-0.05, 0) is 43.5 Å². The molecule has 0 aliphatic heterocycles. The molecule has 20 heavy (non-hydrogen) atoms. The minimum Gasteiger partial charge on any atom is -0.326 e. The molecule has 0 aromatic heterocycles. The van der Waals surface area contributed by atoms with Crippen molar-refractivity contribution in [2.75, 3.05) is 5.32 Å². The molecule has 0 saturated heterocycles. The highest BCUT2D eigenvalue weighted by Crippen LogP contribution is 2.17. The van der Waals surface area contributed by atoms with Crippen molar-refractivity contribution in [3.63, 3.8) is 0 Å². The molecular weight excluding hydrogens is 274 g/mol. The molecule has 1 N–H and O–H groups in total. The number of anilines is 1. The van der Waals surface area contributed by atoms with Crippen molar-refractivity contribution in [3.8, 4) is 0 Å². The highest BCUT2D eigenvalue weighted by Gasteiger charge is 2.16. The second-order valence-electron chi connectivity index (χ2n) is 4.82. The second-order valence-corrected chi connectivity index (χ2v) is 5.35. The third-order valence-electron chi connectivity index (χ3n) is 3.44. The minimum absolute atomic E-state index is 0.0258. The zero-order valence-electron chi connectivity index (χ0n) is 12.3. The van der Waals surface area contributed by atoms with Gasteiger partial charge in [0.05, 0.1) is 5.38 Å². The molecule has 110 valence electrons. The predicted octanol–water partition coefficient (Wildman–Crippen LogP) is 4.26. The van der Waals surface area contributed by atoms with Crippen LogP contribution >= 0.6 is 11.6 Å². The molecule has 0 saturated carbocycles. The van der Waals surface area contributed by atoms with Crippen molar-refractivity contribution in [2.24, 2.45) is 5.92 Å². The summed E-state index contributed by atoms with van der Waals surface area (Å²) in [6, 6.07) is 6.89. The van der Waals surface area contributed by atoms with Gasteiger partial charge in [-0.15, -0.1) is 11.6 Å². The number of rotatable bonds is 7. The van der Waals surface area contributed by atoms with Gasteiger partial charge in [0.15, 0.2) is 5.78 Å². The normalized spacial score (nSPS) is 12.2. The zero-order chi connectivity index (χ0) is 15.1. The molecule has 0 heterocycles. The molecule has 1 rings (SSSR count). The number of halogens is 1. The van der Waals surface area contributed by atoms with Crippen molar-refractivity contribution in [3.05, 3.63) is 29.8 Å². The molecule has 1 unspecified atom stereocenters. The molecule has 3 nitrogen and oxygen atoms in total. The Balaban J connectivity index is 2.72. The number of amides is 1. The van der Waals surface area contributed by atoms with Crippen LogP contribution in [-0.4, -0.2) is 17.1 Å². The van der Waals surface area contributed by atoms with Gasteiger partial charge in [0, 0.05) is 17.2 Å². The summed E-state index contributed by atoms with van der Waals surface area (Å²) in [6.07, 6.45) is 2.25. The topological polar surface area (TPSA) is 46.2 Å². The largest absolute Gasteiger partial charge is 0.326 e. The number of benzene rings is 1. The van der Waals surface area contributed by atoms with E-state index in [4.69, 9.17) is 11.6 Å². The van der Waals surface area contributed by atoms with E-state index in [0.717, 1.165) is 12.8 Å². The van der Waals surface area contributed by atoms with Crippen LogP contribution in [0.25, 0.3) is 0 Å². The maximum atomic E-state index is 11.9. The Hall–Kier alpha value is -1.35. The molecule has 1 amide bonds. The van der Waals surface area contributed by atoms with Crippen molar-refractivity contribution >= 4 is 29.0 Å². The van der Waals surface area contributed by atoms with E-state index in [1.54, 1.807) is 24.3 Å². The van der Waals surface area contributed by atoms with Gasteiger partial charge < -0.3 is 5.32 Å². The standard InChI is InChI=1S/C16H22ClNO2/c1-4-11(5-2)16(20)18-13-9-7-12(8-10-13)15(19)14(17)6-3/h7-11,14H,4-6H2,1-3H3,(H,18,20). The Labute approximate surface area is 125 Å². The molecule has 0 bridgehead atoms. The van der Waals surface area contributed by atoms with E-state index in [9.17, 15) is 9.59 Å². The first-order chi connectivity index (χ1) is 9.53. The summed E-state index contributed by atoms with van der Waals surface area (Å²) in [4.78, 5) is 23.8. The lowest BCUT2D eigenvalue weighted by Gasteiger charge is -2.13. The van der Waals surface area contributed by atoms with Crippen LogP contribution in [0.5, 0.6) is 0 Å². The summed E-state index contributed by atoms with van der Waals surface area (Å²) in [5.74, 6) is -0.0199. The first-order valence-electron chi connectivity index (χ1n) is 7.12. The summed E-state index contributed by atoms with van der Waals surface area (Å²) < 4.78 is 0. The monoisotopic (exact) mass is 295 g/mol. The third-order valence-corrected chi connectivity index (χ3v) is 3.94. The van der Waals surface area contributed by atoms with Crippen LogP contribution in [0.2, 0.25) is 0 Å². The molecule has 0 radical (unpaired) electrons. The fraction of sp³-hybridized carbons (Fsp3) is 0.500. The van der Waals surface area contributed by atoms with Crippen molar-refractivity contribution in [1.82, 2.24) is 0 Å². The smallest absolute Gasteiger partial charge is 0.227 e. The van der Waals surface area contributed by atoms with Crippen LogP contribution in [0.15, 0.2) is 24.3 Å². The van der Waals surface area contributed by atoms with E-state index in [2.05, 4.69) is 5.32 Å². The van der Waals surface area contributed by atoms with Gasteiger partial charge >= 0.3 is 0 Å². The number of ketones is 1. The van der Waals surface area contributed by atoms with Crippen LogP contribution in [-0.2, 0) is 4.79 Å². The number of Topliss-reactive ketones (excluding diaryl/α,β-unsaturated/α-hetero) is 1. The molecular formula is C16H22ClNO2. The third kappa shape index (κ3) is 4.34. The lowest BCUT2D eigenvalue weighted by atomic mass is 10.0. The van der Waals surface area contributed by atoms with Crippen molar-refractivity contribution in [2.45, 2.75) is 45.4 Å². The van der Waals surface area contributed by atoms with Crippen LogP contribution in [0, 0.1) is 5.92 Å². The predicted molar refractivity (Wildman–Crippen MR) is 83.4 cm³/mol.